The first-order chi connectivity index (χ1) is 11.7. The minimum Gasteiger partial charge on any atom is -0.493 e. The first kappa shape index (κ1) is 16.5. The van der Waals surface area contributed by atoms with Crippen molar-refractivity contribution in [1.29, 1.82) is 0 Å². The molecule has 0 bridgehead atoms. The van der Waals surface area contributed by atoms with Gasteiger partial charge in [-0.15, -0.1) is 5.10 Å². The Labute approximate surface area is 149 Å². The summed E-state index contributed by atoms with van der Waals surface area (Å²) in [4.78, 5) is 1.92. The van der Waals surface area contributed by atoms with Crippen LogP contribution < -0.4 is 9.64 Å². The molecular formula is C18H18BrN3O2. The number of hydrogen-bond acceptors (Lipinski definition) is 5. The second-order valence-corrected chi connectivity index (χ2v) is 6.16. The van der Waals surface area contributed by atoms with Gasteiger partial charge in [-0.25, -0.2) is 0 Å². The third kappa shape index (κ3) is 3.76. The molecule has 3 aromatic rings. The lowest BCUT2D eigenvalue weighted by atomic mass is 10.2. The number of ether oxygens (including phenoxy) is 1. The van der Waals surface area contributed by atoms with Gasteiger partial charge in [0.2, 0.25) is 5.89 Å². The molecule has 1 aromatic heterocycles. The molecule has 0 radical (unpaired) electrons. The van der Waals surface area contributed by atoms with Crippen molar-refractivity contribution in [3.05, 3.63) is 58.6 Å². The Hall–Kier alpha value is -2.34. The topological polar surface area (TPSA) is 51.4 Å². The highest BCUT2D eigenvalue weighted by Gasteiger charge is 2.14. The van der Waals surface area contributed by atoms with E-state index in [-0.39, 0.29) is 0 Å². The summed E-state index contributed by atoms with van der Waals surface area (Å²) in [6.45, 7) is 3.24. The number of hydrogen-bond donors (Lipinski definition) is 0. The molecule has 3 rings (SSSR count). The van der Waals surface area contributed by atoms with Crippen molar-refractivity contribution in [3.63, 3.8) is 0 Å². The van der Waals surface area contributed by atoms with E-state index >= 15 is 0 Å². The van der Waals surface area contributed by atoms with Gasteiger partial charge in [-0.1, -0.05) is 35.4 Å². The molecule has 1 heterocycles. The van der Waals surface area contributed by atoms with E-state index in [0.717, 1.165) is 15.8 Å². The van der Waals surface area contributed by atoms with Crippen LogP contribution in [0.5, 0.6) is 5.75 Å². The van der Waals surface area contributed by atoms with E-state index in [0.29, 0.717) is 25.1 Å². The molecule has 0 unspecified atom stereocenters. The van der Waals surface area contributed by atoms with Crippen LogP contribution in [-0.2, 0) is 6.54 Å². The zero-order chi connectivity index (χ0) is 16.9. The summed E-state index contributed by atoms with van der Waals surface area (Å²) in [7, 11) is 1.93. The lowest BCUT2D eigenvalue weighted by Crippen LogP contribution is -2.16. The van der Waals surface area contributed by atoms with Crippen molar-refractivity contribution in [2.75, 3.05) is 18.6 Å². The van der Waals surface area contributed by atoms with Crippen LogP contribution in [-0.4, -0.2) is 23.9 Å². The number of nitrogens with zero attached hydrogens (tertiary/aromatic N) is 3. The molecule has 0 amide bonds. The van der Waals surface area contributed by atoms with Gasteiger partial charge >= 0.3 is 6.01 Å². The third-order valence-electron chi connectivity index (χ3n) is 3.48. The molecule has 5 nitrogen and oxygen atoms in total. The lowest BCUT2D eigenvalue weighted by Gasteiger charge is -2.13. The summed E-state index contributed by atoms with van der Waals surface area (Å²) >= 11 is 3.47. The molecule has 0 fully saturated rings. The molecule has 0 aliphatic heterocycles. The molecular weight excluding hydrogens is 370 g/mol. The van der Waals surface area contributed by atoms with Gasteiger partial charge in [-0.3, -0.25) is 0 Å². The van der Waals surface area contributed by atoms with Crippen LogP contribution in [0.15, 0.2) is 57.4 Å². The van der Waals surface area contributed by atoms with Crippen LogP contribution in [0.2, 0.25) is 0 Å². The number of benzene rings is 2. The monoisotopic (exact) mass is 387 g/mol. The predicted octanol–water partition coefficient (Wildman–Crippen LogP) is 4.53. The van der Waals surface area contributed by atoms with E-state index in [2.05, 4.69) is 38.3 Å². The van der Waals surface area contributed by atoms with E-state index in [1.807, 2.05) is 55.3 Å². The zero-order valence-corrected chi connectivity index (χ0v) is 15.2. The van der Waals surface area contributed by atoms with E-state index in [1.165, 1.54) is 5.56 Å². The van der Waals surface area contributed by atoms with Gasteiger partial charge in [-0.2, -0.15) is 0 Å². The Balaban J connectivity index is 1.79. The fraction of sp³-hybridized carbons (Fsp3) is 0.222. The van der Waals surface area contributed by atoms with Crippen molar-refractivity contribution in [3.8, 4) is 17.2 Å². The number of halogens is 1. The zero-order valence-electron chi connectivity index (χ0n) is 13.6. The minimum absolute atomic E-state index is 0.471. The van der Waals surface area contributed by atoms with Gasteiger partial charge < -0.3 is 14.1 Å². The molecule has 2 aromatic carbocycles. The van der Waals surface area contributed by atoms with Crippen molar-refractivity contribution in [2.24, 2.45) is 0 Å². The summed E-state index contributed by atoms with van der Waals surface area (Å²) in [5.74, 6) is 1.23. The van der Waals surface area contributed by atoms with Crippen molar-refractivity contribution >= 4 is 21.9 Å². The van der Waals surface area contributed by atoms with E-state index in [9.17, 15) is 0 Å². The minimum atomic E-state index is 0.471. The van der Waals surface area contributed by atoms with Gasteiger partial charge in [0.1, 0.15) is 5.75 Å². The van der Waals surface area contributed by atoms with E-state index in [4.69, 9.17) is 9.15 Å². The summed E-state index contributed by atoms with van der Waals surface area (Å²) in [5.41, 5.74) is 2.01. The maximum atomic E-state index is 5.81. The number of anilines is 1. The smallest absolute Gasteiger partial charge is 0.318 e. The quantitative estimate of drug-likeness (QED) is 0.621. The van der Waals surface area contributed by atoms with Crippen LogP contribution in [0.3, 0.4) is 0 Å². The first-order valence-electron chi connectivity index (χ1n) is 7.68. The van der Waals surface area contributed by atoms with E-state index < -0.39 is 0 Å². The van der Waals surface area contributed by atoms with Crippen LogP contribution in [0.1, 0.15) is 12.5 Å². The summed E-state index contributed by atoms with van der Waals surface area (Å²) in [5, 5.41) is 8.29. The highest BCUT2D eigenvalue weighted by molar-refractivity contribution is 9.10. The van der Waals surface area contributed by atoms with Crippen molar-refractivity contribution < 1.29 is 9.15 Å². The average molecular weight is 388 g/mol. The molecule has 0 saturated carbocycles. The Morgan fingerprint density at radius 1 is 1.12 bits per heavy atom. The third-order valence-corrected chi connectivity index (χ3v) is 4.14. The molecule has 24 heavy (non-hydrogen) atoms. The summed E-state index contributed by atoms with van der Waals surface area (Å²) < 4.78 is 12.3. The molecule has 6 heteroatoms. The molecule has 0 atom stereocenters. The number of aromatic nitrogens is 2. The van der Waals surface area contributed by atoms with Gasteiger partial charge in [0.05, 0.1) is 11.1 Å². The van der Waals surface area contributed by atoms with Crippen molar-refractivity contribution in [2.45, 2.75) is 13.5 Å². The normalized spacial score (nSPS) is 10.6. The number of rotatable bonds is 6. The lowest BCUT2D eigenvalue weighted by molar-refractivity contribution is 0.338. The highest BCUT2D eigenvalue weighted by atomic mass is 79.9. The molecule has 0 spiro atoms. The second-order valence-electron chi connectivity index (χ2n) is 5.31. The Morgan fingerprint density at radius 3 is 2.67 bits per heavy atom. The molecule has 124 valence electrons. The standard InChI is InChI=1S/C18H18BrN3O2/c1-3-23-16-11-14(9-10-15(16)19)17-20-21-18(24-17)22(2)12-13-7-5-4-6-8-13/h4-11H,3,12H2,1-2H3. The van der Waals surface area contributed by atoms with Gasteiger partial charge in [0, 0.05) is 19.2 Å². The Kier molecular flexibility index (Phi) is 5.15. The fourth-order valence-electron chi connectivity index (χ4n) is 2.31. The maximum Gasteiger partial charge on any atom is 0.318 e. The molecule has 0 aliphatic carbocycles. The van der Waals surface area contributed by atoms with Crippen LogP contribution in [0, 0.1) is 0 Å². The predicted molar refractivity (Wildman–Crippen MR) is 97.2 cm³/mol. The van der Waals surface area contributed by atoms with Crippen LogP contribution in [0.25, 0.3) is 11.5 Å². The summed E-state index contributed by atoms with van der Waals surface area (Å²) in [6, 6.07) is 16.4. The molecule has 0 aliphatic rings. The molecule has 0 saturated heterocycles. The summed E-state index contributed by atoms with van der Waals surface area (Å²) in [6.07, 6.45) is 0. The fourth-order valence-corrected chi connectivity index (χ4v) is 2.67. The van der Waals surface area contributed by atoms with Gasteiger partial charge in [-0.05, 0) is 46.6 Å². The van der Waals surface area contributed by atoms with E-state index in [1.54, 1.807) is 0 Å². The average Bonchev–Trinajstić information content (AvgIpc) is 3.08. The first-order valence-corrected chi connectivity index (χ1v) is 8.48. The van der Waals surface area contributed by atoms with Crippen LogP contribution >= 0.6 is 15.9 Å². The van der Waals surface area contributed by atoms with Gasteiger partial charge in [0.15, 0.2) is 0 Å². The van der Waals surface area contributed by atoms with Crippen LogP contribution in [0.4, 0.5) is 6.01 Å². The maximum absolute atomic E-state index is 5.81. The Bertz CT molecular complexity index is 805. The highest BCUT2D eigenvalue weighted by Crippen LogP contribution is 2.31. The molecule has 0 N–H and O–H groups in total. The second kappa shape index (κ2) is 7.49. The van der Waals surface area contributed by atoms with Gasteiger partial charge in [0.25, 0.3) is 0 Å². The van der Waals surface area contributed by atoms with Crippen molar-refractivity contribution in [1.82, 2.24) is 10.2 Å². The largest absolute Gasteiger partial charge is 0.493 e. The SMILES string of the molecule is CCOc1cc(-c2nnc(N(C)Cc3ccccc3)o2)ccc1Br. The Morgan fingerprint density at radius 2 is 1.92 bits per heavy atom.